The Bertz CT molecular complexity index is 758. The minimum absolute atomic E-state index is 0.119. The molecule has 0 aromatic heterocycles. The number of hydrogen-bond acceptors (Lipinski definition) is 5. The standard InChI is InChI=1S/C19H21N3O4/c23-19(15-26-18-9-5-4-8-17(18)22(24)25)21-12-10-20(11-13-21)14-16-6-2-1-3-7-16/h1-9H,10-15H2. The van der Waals surface area contributed by atoms with Crippen LogP contribution in [0.5, 0.6) is 5.75 Å². The van der Waals surface area contributed by atoms with Crippen LogP contribution in [0.2, 0.25) is 0 Å². The highest BCUT2D eigenvalue weighted by atomic mass is 16.6. The van der Waals surface area contributed by atoms with Crippen molar-refractivity contribution in [2.24, 2.45) is 0 Å². The highest BCUT2D eigenvalue weighted by Crippen LogP contribution is 2.25. The van der Waals surface area contributed by atoms with Gasteiger partial charge in [0, 0.05) is 38.8 Å². The van der Waals surface area contributed by atoms with Gasteiger partial charge in [0.05, 0.1) is 4.92 Å². The number of nitro groups is 1. The monoisotopic (exact) mass is 355 g/mol. The van der Waals surface area contributed by atoms with Crippen molar-refractivity contribution >= 4 is 11.6 Å². The summed E-state index contributed by atoms with van der Waals surface area (Å²) in [7, 11) is 0. The number of piperazine rings is 1. The van der Waals surface area contributed by atoms with Gasteiger partial charge in [-0.25, -0.2) is 0 Å². The largest absolute Gasteiger partial charge is 0.477 e. The number of amides is 1. The number of nitrogens with zero attached hydrogens (tertiary/aromatic N) is 3. The maximum atomic E-state index is 12.3. The van der Waals surface area contributed by atoms with E-state index < -0.39 is 4.92 Å². The molecule has 1 aliphatic rings. The molecule has 3 rings (SSSR count). The van der Waals surface area contributed by atoms with E-state index in [4.69, 9.17) is 4.74 Å². The zero-order valence-corrected chi connectivity index (χ0v) is 14.4. The van der Waals surface area contributed by atoms with Crippen LogP contribution in [0, 0.1) is 10.1 Å². The minimum Gasteiger partial charge on any atom is -0.477 e. The molecular weight excluding hydrogens is 334 g/mol. The fraction of sp³-hybridized carbons (Fsp3) is 0.316. The minimum atomic E-state index is -0.512. The summed E-state index contributed by atoms with van der Waals surface area (Å²) >= 11 is 0. The van der Waals surface area contributed by atoms with Gasteiger partial charge in [0.1, 0.15) is 0 Å². The summed E-state index contributed by atoms with van der Waals surface area (Å²) in [5.74, 6) is -0.0314. The Kier molecular flexibility index (Phi) is 5.80. The van der Waals surface area contributed by atoms with Crippen LogP contribution in [0.25, 0.3) is 0 Å². The van der Waals surface area contributed by atoms with Crippen molar-refractivity contribution in [1.29, 1.82) is 0 Å². The average molecular weight is 355 g/mol. The maximum Gasteiger partial charge on any atom is 0.310 e. The first kappa shape index (κ1) is 17.9. The first-order valence-corrected chi connectivity index (χ1v) is 8.54. The first-order valence-electron chi connectivity index (χ1n) is 8.54. The summed E-state index contributed by atoms with van der Waals surface area (Å²) in [5, 5.41) is 11.0. The van der Waals surface area contributed by atoms with E-state index in [0.29, 0.717) is 13.1 Å². The third-order valence-electron chi connectivity index (χ3n) is 4.39. The number of nitro benzene ring substituents is 1. The van der Waals surface area contributed by atoms with Gasteiger partial charge in [-0.2, -0.15) is 0 Å². The lowest BCUT2D eigenvalue weighted by Crippen LogP contribution is -2.49. The van der Waals surface area contributed by atoms with Crippen molar-refractivity contribution in [1.82, 2.24) is 9.80 Å². The Labute approximate surface area is 151 Å². The van der Waals surface area contributed by atoms with Crippen LogP contribution in [0.15, 0.2) is 54.6 Å². The molecule has 2 aromatic carbocycles. The number of carbonyl (C=O) groups is 1. The smallest absolute Gasteiger partial charge is 0.310 e. The van der Waals surface area contributed by atoms with Gasteiger partial charge in [0.15, 0.2) is 12.4 Å². The van der Waals surface area contributed by atoms with Gasteiger partial charge in [-0.05, 0) is 11.6 Å². The summed E-state index contributed by atoms with van der Waals surface area (Å²) < 4.78 is 5.39. The van der Waals surface area contributed by atoms with Crippen molar-refractivity contribution in [3.63, 3.8) is 0 Å². The first-order chi connectivity index (χ1) is 12.6. The second-order valence-electron chi connectivity index (χ2n) is 6.16. The Morgan fingerprint density at radius 2 is 1.65 bits per heavy atom. The molecule has 0 unspecified atom stereocenters. The van der Waals surface area contributed by atoms with Crippen LogP contribution >= 0.6 is 0 Å². The normalized spacial score (nSPS) is 14.8. The van der Waals surface area contributed by atoms with Gasteiger partial charge in [0.25, 0.3) is 5.91 Å². The highest BCUT2D eigenvalue weighted by molar-refractivity contribution is 5.78. The Hall–Kier alpha value is -2.93. The van der Waals surface area contributed by atoms with Crippen LogP contribution in [-0.4, -0.2) is 53.4 Å². The van der Waals surface area contributed by atoms with Crippen molar-refractivity contribution < 1.29 is 14.5 Å². The average Bonchev–Trinajstić information content (AvgIpc) is 2.67. The Balaban J connectivity index is 1.48. The predicted octanol–water partition coefficient (Wildman–Crippen LogP) is 2.32. The molecule has 0 aliphatic carbocycles. The second kappa shape index (κ2) is 8.44. The van der Waals surface area contributed by atoms with E-state index in [1.54, 1.807) is 17.0 Å². The molecule has 0 radical (unpaired) electrons. The number of ether oxygens (including phenoxy) is 1. The van der Waals surface area contributed by atoms with E-state index in [-0.39, 0.29) is 24.0 Å². The lowest BCUT2D eigenvalue weighted by molar-refractivity contribution is -0.385. The van der Waals surface area contributed by atoms with E-state index in [2.05, 4.69) is 17.0 Å². The molecule has 0 saturated carbocycles. The number of para-hydroxylation sites is 2. The summed E-state index contributed by atoms with van der Waals surface area (Å²) in [6.45, 7) is 3.54. The van der Waals surface area contributed by atoms with Gasteiger partial charge >= 0.3 is 5.69 Å². The number of hydrogen-bond donors (Lipinski definition) is 0. The van der Waals surface area contributed by atoms with E-state index in [1.165, 1.54) is 17.7 Å². The maximum absolute atomic E-state index is 12.3. The van der Waals surface area contributed by atoms with Gasteiger partial charge < -0.3 is 9.64 Å². The quantitative estimate of drug-likeness (QED) is 0.587. The number of rotatable bonds is 6. The zero-order valence-electron chi connectivity index (χ0n) is 14.4. The van der Waals surface area contributed by atoms with E-state index in [9.17, 15) is 14.9 Å². The molecule has 1 amide bonds. The third-order valence-corrected chi connectivity index (χ3v) is 4.39. The number of carbonyl (C=O) groups excluding carboxylic acids is 1. The summed E-state index contributed by atoms with van der Waals surface area (Å²) in [5.41, 5.74) is 1.12. The third kappa shape index (κ3) is 4.58. The second-order valence-corrected chi connectivity index (χ2v) is 6.16. The molecule has 0 N–H and O–H groups in total. The molecule has 7 nitrogen and oxygen atoms in total. The lowest BCUT2D eigenvalue weighted by Gasteiger charge is -2.34. The molecule has 1 aliphatic heterocycles. The topological polar surface area (TPSA) is 75.9 Å². The fourth-order valence-corrected chi connectivity index (χ4v) is 2.96. The number of benzene rings is 2. The van der Waals surface area contributed by atoms with Crippen LogP contribution in [0.1, 0.15) is 5.56 Å². The molecule has 1 heterocycles. The van der Waals surface area contributed by atoms with E-state index >= 15 is 0 Å². The summed E-state index contributed by atoms with van der Waals surface area (Å²) in [6, 6.07) is 16.3. The molecule has 1 fully saturated rings. The van der Waals surface area contributed by atoms with Gasteiger partial charge in [-0.15, -0.1) is 0 Å². The molecule has 7 heteroatoms. The van der Waals surface area contributed by atoms with Crippen LogP contribution in [-0.2, 0) is 11.3 Å². The zero-order chi connectivity index (χ0) is 18.4. The molecule has 1 saturated heterocycles. The lowest BCUT2D eigenvalue weighted by atomic mass is 10.2. The van der Waals surface area contributed by atoms with E-state index in [1.807, 2.05) is 18.2 Å². The molecular formula is C19H21N3O4. The van der Waals surface area contributed by atoms with Crippen molar-refractivity contribution in [2.45, 2.75) is 6.54 Å². The molecule has 0 atom stereocenters. The Morgan fingerprint density at radius 3 is 2.35 bits per heavy atom. The SMILES string of the molecule is O=C(COc1ccccc1[N+](=O)[O-])N1CCN(Cc2ccccc2)CC1. The summed E-state index contributed by atoms with van der Waals surface area (Å²) in [6.07, 6.45) is 0. The molecule has 0 bridgehead atoms. The summed E-state index contributed by atoms with van der Waals surface area (Å²) in [4.78, 5) is 26.9. The van der Waals surface area contributed by atoms with Gasteiger partial charge in [-0.3, -0.25) is 19.8 Å². The van der Waals surface area contributed by atoms with Crippen LogP contribution in [0.3, 0.4) is 0 Å². The molecule has 2 aromatic rings. The predicted molar refractivity (Wildman–Crippen MR) is 96.9 cm³/mol. The van der Waals surface area contributed by atoms with Crippen molar-refractivity contribution in [3.05, 3.63) is 70.3 Å². The molecule has 0 spiro atoms. The van der Waals surface area contributed by atoms with Crippen molar-refractivity contribution in [3.8, 4) is 5.75 Å². The Morgan fingerprint density at radius 1 is 1.00 bits per heavy atom. The van der Waals surface area contributed by atoms with Crippen LogP contribution in [0.4, 0.5) is 5.69 Å². The van der Waals surface area contributed by atoms with Gasteiger partial charge in [0.2, 0.25) is 0 Å². The molecule has 26 heavy (non-hydrogen) atoms. The van der Waals surface area contributed by atoms with Gasteiger partial charge in [-0.1, -0.05) is 42.5 Å². The van der Waals surface area contributed by atoms with E-state index in [0.717, 1.165) is 19.6 Å². The molecule has 136 valence electrons. The fourth-order valence-electron chi connectivity index (χ4n) is 2.96. The highest BCUT2D eigenvalue weighted by Gasteiger charge is 2.22. The van der Waals surface area contributed by atoms with Crippen LogP contribution < -0.4 is 4.74 Å². The van der Waals surface area contributed by atoms with Crippen molar-refractivity contribution in [2.75, 3.05) is 32.8 Å².